The molecule has 2 amide bonds. The van der Waals surface area contributed by atoms with Gasteiger partial charge in [0.1, 0.15) is 5.69 Å². The molecular formula is C16H21F3N6O. The second kappa shape index (κ2) is 8.54. The van der Waals surface area contributed by atoms with Crippen LogP contribution in [0.3, 0.4) is 0 Å². The summed E-state index contributed by atoms with van der Waals surface area (Å²) in [5, 5.41) is 16.3. The smallest absolute Gasteiger partial charge is 0.379 e. The maximum absolute atomic E-state index is 12.5. The molecule has 0 saturated heterocycles. The Balaban J connectivity index is 1.77. The molecule has 2 rings (SSSR count). The lowest BCUT2D eigenvalue weighted by molar-refractivity contribution is -0.137. The Morgan fingerprint density at radius 3 is 2.54 bits per heavy atom. The monoisotopic (exact) mass is 370 g/mol. The van der Waals surface area contributed by atoms with Crippen molar-refractivity contribution in [1.29, 1.82) is 0 Å². The van der Waals surface area contributed by atoms with E-state index < -0.39 is 11.7 Å². The molecule has 7 nitrogen and oxygen atoms in total. The van der Waals surface area contributed by atoms with Crippen molar-refractivity contribution in [3.8, 4) is 0 Å². The van der Waals surface area contributed by atoms with Gasteiger partial charge in [-0.25, -0.2) is 4.79 Å². The second-order valence-corrected chi connectivity index (χ2v) is 5.96. The highest BCUT2D eigenvalue weighted by molar-refractivity contribution is 5.73. The highest BCUT2D eigenvalue weighted by Crippen LogP contribution is 2.29. The van der Waals surface area contributed by atoms with E-state index in [-0.39, 0.29) is 12.1 Å². The Morgan fingerprint density at radius 1 is 1.23 bits per heavy atom. The number of nitrogens with zero attached hydrogens (tertiary/aromatic N) is 3. The van der Waals surface area contributed by atoms with Crippen LogP contribution in [0.2, 0.25) is 0 Å². The number of alkyl halides is 3. The molecule has 1 heterocycles. The molecule has 142 valence electrons. The van der Waals surface area contributed by atoms with Gasteiger partial charge in [0.05, 0.1) is 24.8 Å². The van der Waals surface area contributed by atoms with Crippen LogP contribution in [-0.2, 0) is 19.3 Å². The number of carbonyl (C=O) groups is 1. The van der Waals surface area contributed by atoms with E-state index in [4.69, 9.17) is 0 Å². The minimum absolute atomic E-state index is 0.0595. The van der Waals surface area contributed by atoms with E-state index in [1.54, 1.807) is 10.9 Å². The van der Waals surface area contributed by atoms with E-state index in [0.717, 1.165) is 12.1 Å². The van der Waals surface area contributed by atoms with Gasteiger partial charge in [0.25, 0.3) is 0 Å². The van der Waals surface area contributed by atoms with Crippen LogP contribution in [0.1, 0.15) is 25.1 Å². The molecule has 1 aromatic carbocycles. The molecule has 1 aromatic heterocycles. The zero-order chi connectivity index (χ0) is 19.2. The Labute approximate surface area is 149 Å². The number of anilines is 1. The van der Waals surface area contributed by atoms with Gasteiger partial charge < -0.3 is 16.0 Å². The van der Waals surface area contributed by atoms with E-state index in [1.165, 1.54) is 12.1 Å². The molecule has 0 aliphatic rings. The molecule has 0 saturated carbocycles. The van der Waals surface area contributed by atoms with Crippen molar-refractivity contribution in [2.75, 3.05) is 11.9 Å². The molecule has 3 N–H and O–H groups in total. The van der Waals surface area contributed by atoms with Gasteiger partial charge in [0.15, 0.2) is 0 Å². The number of halogens is 3. The standard InChI is InChI=1S/C16H21F3N6O/c1-11(2)22-15(26)20-7-8-25-10-14(23-24-25)9-21-13-5-3-12(4-6-13)16(17,18)19/h3-6,10-11,21H,7-9H2,1-2H3,(H2,20,22,26). The Kier molecular flexibility index (Phi) is 6.42. The number of benzene rings is 1. The highest BCUT2D eigenvalue weighted by atomic mass is 19.4. The first-order valence-corrected chi connectivity index (χ1v) is 8.08. The molecule has 0 bridgehead atoms. The predicted molar refractivity (Wildman–Crippen MR) is 90.5 cm³/mol. The Morgan fingerprint density at radius 2 is 1.92 bits per heavy atom. The lowest BCUT2D eigenvalue weighted by atomic mass is 10.2. The third kappa shape index (κ3) is 6.26. The zero-order valence-corrected chi connectivity index (χ0v) is 14.5. The number of hydrogen-bond donors (Lipinski definition) is 3. The third-order valence-electron chi connectivity index (χ3n) is 3.32. The van der Waals surface area contributed by atoms with E-state index in [9.17, 15) is 18.0 Å². The van der Waals surface area contributed by atoms with E-state index in [2.05, 4.69) is 26.3 Å². The summed E-state index contributed by atoms with van der Waals surface area (Å²) in [6.45, 7) is 4.92. The van der Waals surface area contributed by atoms with Crippen molar-refractivity contribution in [2.45, 2.75) is 39.2 Å². The van der Waals surface area contributed by atoms with Crippen LogP contribution in [0.5, 0.6) is 0 Å². The van der Waals surface area contributed by atoms with Crippen LogP contribution in [0, 0.1) is 0 Å². The van der Waals surface area contributed by atoms with Crippen molar-refractivity contribution in [1.82, 2.24) is 25.6 Å². The summed E-state index contributed by atoms with van der Waals surface area (Å²) in [7, 11) is 0. The lowest BCUT2D eigenvalue weighted by Crippen LogP contribution is -2.40. The molecule has 0 radical (unpaired) electrons. The van der Waals surface area contributed by atoms with Crippen molar-refractivity contribution in [3.63, 3.8) is 0 Å². The number of carbonyl (C=O) groups excluding carboxylic acids is 1. The number of hydrogen-bond acceptors (Lipinski definition) is 4. The number of amides is 2. The first-order chi connectivity index (χ1) is 12.2. The van der Waals surface area contributed by atoms with Gasteiger partial charge in [-0.15, -0.1) is 5.10 Å². The number of aromatic nitrogens is 3. The summed E-state index contributed by atoms with van der Waals surface area (Å²) in [6, 6.07) is 4.59. The first kappa shape index (κ1) is 19.5. The van der Waals surface area contributed by atoms with E-state index in [1.807, 2.05) is 13.8 Å². The summed E-state index contributed by atoms with van der Waals surface area (Å²) in [5.74, 6) is 0. The van der Waals surface area contributed by atoms with Gasteiger partial charge in [0.2, 0.25) is 0 Å². The largest absolute Gasteiger partial charge is 0.416 e. The highest BCUT2D eigenvalue weighted by Gasteiger charge is 2.29. The number of nitrogens with one attached hydrogen (secondary N) is 3. The number of rotatable bonds is 7. The van der Waals surface area contributed by atoms with Crippen LogP contribution in [0.4, 0.5) is 23.7 Å². The fourth-order valence-corrected chi connectivity index (χ4v) is 2.10. The van der Waals surface area contributed by atoms with Crippen molar-refractivity contribution < 1.29 is 18.0 Å². The molecule has 0 aliphatic heterocycles. The summed E-state index contributed by atoms with van der Waals surface area (Å²) in [4.78, 5) is 11.4. The molecule has 0 aliphatic carbocycles. The van der Waals surface area contributed by atoms with Gasteiger partial charge in [-0.05, 0) is 38.1 Å². The quantitative estimate of drug-likeness (QED) is 0.700. The normalized spacial score (nSPS) is 11.5. The SMILES string of the molecule is CC(C)NC(=O)NCCn1cc(CNc2ccc(C(F)(F)F)cc2)nn1. The Bertz CT molecular complexity index is 712. The maximum atomic E-state index is 12.5. The van der Waals surface area contributed by atoms with Crippen molar-refractivity contribution in [3.05, 3.63) is 41.7 Å². The van der Waals surface area contributed by atoms with Crippen LogP contribution in [0.25, 0.3) is 0 Å². The lowest BCUT2D eigenvalue weighted by Gasteiger charge is -2.09. The van der Waals surface area contributed by atoms with Crippen LogP contribution in [-0.4, -0.2) is 33.6 Å². The average Bonchev–Trinajstić information content (AvgIpc) is 2.99. The van der Waals surface area contributed by atoms with Gasteiger partial charge in [-0.1, -0.05) is 5.21 Å². The average molecular weight is 370 g/mol. The van der Waals surface area contributed by atoms with Crippen LogP contribution >= 0.6 is 0 Å². The molecule has 0 atom stereocenters. The van der Waals surface area contributed by atoms with E-state index >= 15 is 0 Å². The minimum Gasteiger partial charge on any atom is -0.379 e. The van der Waals surface area contributed by atoms with Gasteiger partial charge >= 0.3 is 12.2 Å². The second-order valence-electron chi connectivity index (χ2n) is 5.96. The molecule has 2 aromatic rings. The Hall–Kier alpha value is -2.78. The topological polar surface area (TPSA) is 83.9 Å². The minimum atomic E-state index is -4.35. The molecule has 0 unspecified atom stereocenters. The predicted octanol–water partition coefficient (Wildman–Crippen LogP) is 2.62. The molecule has 26 heavy (non-hydrogen) atoms. The van der Waals surface area contributed by atoms with Gasteiger partial charge in [0, 0.05) is 18.3 Å². The van der Waals surface area contributed by atoms with E-state index in [0.29, 0.717) is 31.0 Å². The number of urea groups is 1. The summed E-state index contributed by atoms with van der Waals surface area (Å²) < 4.78 is 39.1. The fraction of sp³-hybridized carbons (Fsp3) is 0.438. The molecular weight excluding hydrogens is 349 g/mol. The summed E-state index contributed by atoms with van der Waals surface area (Å²) in [6.07, 6.45) is -2.64. The van der Waals surface area contributed by atoms with Crippen LogP contribution in [0.15, 0.2) is 30.5 Å². The van der Waals surface area contributed by atoms with Gasteiger partial charge in [-0.2, -0.15) is 13.2 Å². The maximum Gasteiger partial charge on any atom is 0.416 e. The van der Waals surface area contributed by atoms with Crippen LogP contribution < -0.4 is 16.0 Å². The molecule has 10 heteroatoms. The summed E-state index contributed by atoms with van der Waals surface area (Å²) >= 11 is 0. The fourth-order valence-electron chi connectivity index (χ4n) is 2.10. The summed E-state index contributed by atoms with van der Waals surface area (Å²) in [5.41, 5.74) is 0.499. The van der Waals surface area contributed by atoms with Crippen molar-refractivity contribution in [2.24, 2.45) is 0 Å². The van der Waals surface area contributed by atoms with Gasteiger partial charge in [-0.3, -0.25) is 4.68 Å². The zero-order valence-electron chi connectivity index (χ0n) is 14.5. The molecule has 0 spiro atoms. The molecule has 0 fully saturated rings. The first-order valence-electron chi connectivity index (χ1n) is 8.08. The third-order valence-corrected chi connectivity index (χ3v) is 3.32. The van der Waals surface area contributed by atoms with Crippen molar-refractivity contribution >= 4 is 11.7 Å².